The molecule has 0 fully saturated rings. The maximum absolute atomic E-state index is 12.5. The van der Waals surface area contributed by atoms with Crippen LogP contribution in [0.25, 0.3) is 33.6 Å². The Hall–Kier alpha value is -2.81. The van der Waals surface area contributed by atoms with Crippen molar-refractivity contribution < 1.29 is 9.52 Å². The lowest BCUT2D eigenvalue weighted by molar-refractivity contribution is 0.504. The first-order chi connectivity index (χ1) is 9.61. The van der Waals surface area contributed by atoms with E-state index in [9.17, 15) is 9.90 Å². The van der Waals surface area contributed by atoms with Crippen molar-refractivity contribution in [3.8, 4) is 0 Å². The number of benzene rings is 2. The lowest BCUT2D eigenvalue weighted by Crippen LogP contribution is -2.10. The molecule has 0 radical (unpaired) electrons. The van der Waals surface area contributed by atoms with Crippen LogP contribution in [0.5, 0.6) is 0 Å². The van der Waals surface area contributed by atoms with Gasteiger partial charge in [-0.3, -0.25) is 4.79 Å². The van der Waals surface area contributed by atoms with E-state index < -0.39 is 0 Å². The van der Waals surface area contributed by atoms with Gasteiger partial charge < -0.3 is 9.52 Å². The van der Waals surface area contributed by atoms with Gasteiger partial charge in [-0.1, -0.05) is 37.4 Å². The van der Waals surface area contributed by atoms with Gasteiger partial charge in [-0.15, -0.1) is 0 Å². The van der Waals surface area contributed by atoms with E-state index in [1.54, 1.807) is 6.07 Å². The molecular weight excluding hydrogens is 252 g/mol. The number of aliphatic hydroxyl groups is 1. The molecule has 0 atom stereocenters. The molecule has 0 aliphatic rings. The average molecular weight is 264 g/mol. The molecule has 3 rings (SSSR count). The van der Waals surface area contributed by atoms with Gasteiger partial charge in [0.15, 0.2) is 0 Å². The molecule has 3 nitrogen and oxygen atoms in total. The highest BCUT2D eigenvalue weighted by Crippen LogP contribution is 2.24. The fourth-order valence-electron chi connectivity index (χ4n) is 2.31. The lowest BCUT2D eigenvalue weighted by atomic mass is 10.0. The van der Waals surface area contributed by atoms with Crippen LogP contribution in [-0.2, 0) is 0 Å². The van der Waals surface area contributed by atoms with Crippen molar-refractivity contribution in [1.29, 1.82) is 0 Å². The van der Waals surface area contributed by atoms with Crippen molar-refractivity contribution in [1.82, 2.24) is 0 Å². The zero-order chi connectivity index (χ0) is 14.3. The third-order valence-electron chi connectivity index (χ3n) is 3.26. The zero-order valence-corrected chi connectivity index (χ0v) is 10.7. The summed E-state index contributed by atoms with van der Waals surface area (Å²) in [5.74, 6) is -0.0889. The molecule has 0 saturated heterocycles. The van der Waals surface area contributed by atoms with Crippen LogP contribution in [0.1, 0.15) is 11.3 Å². The molecule has 0 saturated carbocycles. The van der Waals surface area contributed by atoms with Gasteiger partial charge in [0.25, 0.3) is 0 Å². The second-order valence-electron chi connectivity index (χ2n) is 4.52. The third kappa shape index (κ3) is 1.72. The second-order valence-corrected chi connectivity index (χ2v) is 4.52. The Kier molecular flexibility index (Phi) is 2.68. The molecular formula is C17H12O3. The molecule has 1 aromatic heterocycles. The van der Waals surface area contributed by atoms with E-state index in [0.717, 1.165) is 10.8 Å². The van der Waals surface area contributed by atoms with Crippen LogP contribution in [0, 0.1) is 0 Å². The van der Waals surface area contributed by atoms with E-state index in [1.807, 2.05) is 30.3 Å². The van der Waals surface area contributed by atoms with Gasteiger partial charge in [-0.25, -0.2) is 0 Å². The minimum absolute atomic E-state index is 0.0581. The minimum atomic E-state index is -0.316. The topological polar surface area (TPSA) is 50.4 Å². The van der Waals surface area contributed by atoms with Crippen LogP contribution >= 0.6 is 0 Å². The number of hydrogen-bond acceptors (Lipinski definition) is 3. The average Bonchev–Trinajstić information content (AvgIpc) is 2.44. The summed E-state index contributed by atoms with van der Waals surface area (Å²) in [6.07, 6.45) is 1.40. The number of aliphatic hydroxyl groups excluding tert-OH is 1. The summed E-state index contributed by atoms with van der Waals surface area (Å²) in [6, 6.07) is 11.3. The van der Waals surface area contributed by atoms with E-state index in [1.165, 1.54) is 6.08 Å². The Bertz CT molecular complexity index is 917. The smallest absolute Gasteiger partial charge is 0.204 e. The quantitative estimate of drug-likeness (QED) is 0.559. The predicted octanol–water partition coefficient (Wildman–Crippen LogP) is 4.12. The fourth-order valence-corrected chi connectivity index (χ4v) is 2.31. The lowest BCUT2D eigenvalue weighted by Gasteiger charge is -2.07. The molecule has 0 amide bonds. The number of rotatable bonds is 2. The SMILES string of the molecule is C=Cc1oc2cc3ccccc3cc2c(=O)c1C(=C)O. The normalized spacial score (nSPS) is 10.8. The Morgan fingerprint density at radius 3 is 2.45 bits per heavy atom. The summed E-state index contributed by atoms with van der Waals surface area (Å²) in [5, 5.41) is 11.9. The van der Waals surface area contributed by atoms with Crippen LogP contribution in [0.3, 0.4) is 0 Å². The Balaban J connectivity index is 2.53. The van der Waals surface area contributed by atoms with Crippen LogP contribution in [0.15, 0.2) is 58.8 Å². The molecule has 3 aromatic rings. The van der Waals surface area contributed by atoms with Gasteiger partial charge in [-0.05, 0) is 29.0 Å². The highest BCUT2D eigenvalue weighted by atomic mass is 16.3. The zero-order valence-electron chi connectivity index (χ0n) is 10.7. The molecule has 1 N–H and O–H groups in total. The molecule has 3 heteroatoms. The molecule has 2 aromatic carbocycles. The number of hydrogen-bond donors (Lipinski definition) is 1. The first-order valence-electron chi connectivity index (χ1n) is 6.12. The summed E-state index contributed by atoms with van der Waals surface area (Å²) >= 11 is 0. The molecule has 0 spiro atoms. The van der Waals surface area contributed by atoms with Gasteiger partial charge in [0.05, 0.1) is 5.39 Å². The number of fused-ring (bicyclic) bond motifs is 2. The predicted molar refractivity (Wildman–Crippen MR) is 81.7 cm³/mol. The van der Waals surface area contributed by atoms with E-state index in [0.29, 0.717) is 11.0 Å². The van der Waals surface area contributed by atoms with Crippen molar-refractivity contribution in [2.24, 2.45) is 0 Å². The molecule has 0 aliphatic carbocycles. The Morgan fingerprint density at radius 2 is 1.85 bits per heavy atom. The van der Waals surface area contributed by atoms with Gasteiger partial charge in [0.1, 0.15) is 22.7 Å². The summed E-state index contributed by atoms with van der Waals surface area (Å²) in [6.45, 7) is 7.01. The highest BCUT2D eigenvalue weighted by molar-refractivity contribution is 5.96. The standard InChI is InChI=1S/C17H12O3/c1-3-14-16(10(2)18)17(19)13-8-11-6-4-5-7-12(11)9-15(13)20-14/h3-9,18H,1-2H2. The molecule has 20 heavy (non-hydrogen) atoms. The molecule has 98 valence electrons. The van der Waals surface area contributed by atoms with Crippen LogP contribution in [0.4, 0.5) is 0 Å². The minimum Gasteiger partial charge on any atom is -0.508 e. The van der Waals surface area contributed by atoms with Crippen LogP contribution < -0.4 is 5.43 Å². The molecule has 0 bridgehead atoms. The summed E-state index contributed by atoms with van der Waals surface area (Å²) in [5.41, 5.74) is 0.218. The summed E-state index contributed by atoms with van der Waals surface area (Å²) in [4.78, 5) is 12.5. The van der Waals surface area contributed by atoms with Crippen LogP contribution in [-0.4, -0.2) is 5.11 Å². The van der Waals surface area contributed by atoms with Gasteiger partial charge in [0, 0.05) is 0 Å². The van der Waals surface area contributed by atoms with E-state index in [2.05, 4.69) is 13.2 Å². The van der Waals surface area contributed by atoms with Crippen molar-refractivity contribution in [3.63, 3.8) is 0 Å². The maximum atomic E-state index is 12.5. The molecule has 0 aliphatic heterocycles. The first kappa shape index (κ1) is 12.2. The van der Waals surface area contributed by atoms with Crippen molar-refractivity contribution in [3.05, 3.63) is 71.1 Å². The van der Waals surface area contributed by atoms with Crippen molar-refractivity contribution in [2.75, 3.05) is 0 Å². The first-order valence-corrected chi connectivity index (χ1v) is 6.12. The van der Waals surface area contributed by atoms with Gasteiger partial charge in [0.2, 0.25) is 5.43 Å². The fraction of sp³-hybridized carbons (Fsp3) is 0. The Labute approximate surface area is 115 Å². The van der Waals surface area contributed by atoms with Crippen molar-refractivity contribution in [2.45, 2.75) is 0 Å². The second kappa shape index (κ2) is 4.38. The monoisotopic (exact) mass is 264 g/mol. The maximum Gasteiger partial charge on any atom is 0.204 e. The van der Waals surface area contributed by atoms with Crippen molar-refractivity contribution >= 4 is 33.6 Å². The largest absolute Gasteiger partial charge is 0.508 e. The van der Waals surface area contributed by atoms with E-state index in [4.69, 9.17) is 4.42 Å². The highest BCUT2D eigenvalue weighted by Gasteiger charge is 2.15. The third-order valence-corrected chi connectivity index (χ3v) is 3.26. The summed E-state index contributed by atoms with van der Waals surface area (Å²) < 4.78 is 5.65. The van der Waals surface area contributed by atoms with Crippen LogP contribution in [0.2, 0.25) is 0 Å². The van der Waals surface area contributed by atoms with E-state index in [-0.39, 0.29) is 22.5 Å². The molecule has 1 heterocycles. The van der Waals surface area contributed by atoms with E-state index >= 15 is 0 Å². The Morgan fingerprint density at radius 1 is 1.20 bits per heavy atom. The molecule has 0 unspecified atom stereocenters. The van der Waals surface area contributed by atoms with Gasteiger partial charge in [-0.2, -0.15) is 0 Å². The summed E-state index contributed by atoms with van der Waals surface area (Å²) in [7, 11) is 0. The van der Waals surface area contributed by atoms with Gasteiger partial charge >= 0.3 is 0 Å².